The fraction of sp³-hybridized carbons (Fsp3) is 0.900. The van der Waals surface area contributed by atoms with Crippen molar-refractivity contribution in [2.24, 2.45) is 0 Å². The molecule has 0 saturated heterocycles. The molecule has 0 radical (unpaired) electrons. The van der Waals surface area contributed by atoms with Crippen LogP contribution in [0, 0.1) is 0 Å². The van der Waals surface area contributed by atoms with Gasteiger partial charge in [0.15, 0.2) is 5.82 Å². The lowest BCUT2D eigenvalue weighted by molar-refractivity contribution is 0.144. The maximum absolute atomic E-state index is 5.16. The zero-order valence-corrected chi connectivity index (χ0v) is 10.7. The van der Waals surface area contributed by atoms with E-state index in [1.165, 1.54) is 0 Å². The van der Waals surface area contributed by atoms with Crippen molar-refractivity contribution in [3.63, 3.8) is 0 Å². The third-order valence-electron chi connectivity index (χ3n) is 2.50. The van der Waals surface area contributed by atoms with E-state index >= 15 is 0 Å². The minimum atomic E-state index is 0.189. The molecule has 1 rings (SSSR count). The summed E-state index contributed by atoms with van der Waals surface area (Å²) in [4.78, 5) is 0. The Balaban J connectivity index is 2.51. The van der Waals surface area contributed by atoms with Gasteiger partial charge in [-0.15, -0.1) is 5.10 Å². The first-order chi connectivity index (χ1) is 8.33. The van der Waals surface area contributed by atoms with E-state index in [9.17, 15) is 0 Å². The van der Waals surface area contributed by atoms with Crippen LogP contribution in [0.5, 0.6) is 0 Å². The van der Waals surface area contributed by atoms with Crippen LogP contribution in [0.1, 0.15) is 25.2 Å². The average Bonchev–Trinajstić information content (AvgIpc) is 2.80. The second kappa shape index (κ2) is 8.10. The van der Waals surface area contributed by atoms with Gasteiger partial charge < -0.3 is 14.8 Å². The lowest BCUT2D eigenvalue weighted by atomic mass is 10.2. The SMILES string of the molecule is CCC(COC)n1nnnc1CNCCOC. The number of methoxy groups -OCH3 is 2. The Kier molecular flexibility index (Phi) is 6.68. The van der Waals surface area contributed by atoms with Gasteiger partial charge in [-0.3, -0.25) is 0 Å². The van der Waals surface area contributed by atoms with Gasteiger partial charge in [-0.2, -0.15) is 0 Å². The van der Waals surface area contributed by atoms with Crippen LogP contribution in [0.15, 0.2) is 0 Å². The number of rotatable bonds is 9. The number of aromatic nitrogens is 4. The van der Waals surface area contributed by atoms with E-state index in [0.717, 1.165) is 18.8 Å². The number of hydrogen-bond donors (Lipinski definition) is 1. The molecule has 1 aromatic heterocycles. The van der Waals surface area contributed by atoms with Gasteiger partial charge in [-0.05, 0) is 16.8 Å². The molecule has 1 N–H and O–H groups in total. The Hall–Kier alpha value is -1.05. The van der Waals surface area contributed by atoms with Crippen molar-refractivity contribution < 1.29 is 9.47 Å². The molecule has 1 aromatic rings. The molecule has 0 saturated carbocycles. The number of hydrogen-bond acceptors (Lipinski definition) is 6. The fourth-order valence-corrected chi connectivity index (χ4v) is 1.54. The molecule has 17 heavy (non-hydrogen) atoms. The number of tetrazole rings is 1. The molecule has 0 spiro atoms. The van der Waals surface area contributed by atoms with E-state index < -0.39 is 0 Å². The van der Waals surface area contributed by atoms with Gasteiger partial charge in [-0.1, -0.05) is 6.92 Å². The highest BCUT2D eigenvalue weighted by molar-refractivity contribution is 4.83. The Bertz CT molecular complexity index is 305. The van der Waals surface area contributed by atoms with Gasteiger partial charge in [0.05, 0.1) is 25.8 Å². The van der Waals surface area contributed by atoms with E-state index in [2.05, 4.69) is 27.8 Å². The highest BCUT2D eigenvalue weighted by Gasteiger charge is 2.14. The van der Waals surface area contributed by atoms with Crippen LogP contribution in [0.25, 0.3) is 0 Å². The zero-order chi connectivity index (χ0) is 12.5. The molecular formula is C10H21N5O2. The summed E-state index contributed by atoms with van der Waals surface area (Å²) >= 11 is 0. The molecule has 0 aliphatic rings. The molecular weight excluding hydrogens is 222 g/mol. The summed E-state index contributed by atoms with van der Waals surface area (Å²) in [5, 5.41) is 14.9. The Morgan fingerprint density at radius 3 is 2.82 bits per heavy atom. The predicted octanol–water partition coefficient (Wildman–Crippen LogP) is 0.00660. The molecule has 0 aliphatic heterocycles. The predicted molar refractivity (Wildman–Crippen MR) is 62.6 cm³/mol. The molecule has 0 aliphatic carbocycles. The van der Waals surface area contributed by atoms with Crippen molar-refractivity contribution in [1.29, 1.82) is 0 Å². The van der Waals surface area contributed by atoms with E-state index in [4.69, 9.17) is 9.47 Å². The molecule has 7 heteroatoms. The van der Waals surface area contributed by atoms with Crippen LogP contribution in [-0.2, 0) is 16.0 Å². The van der Waals surface area contributed by atoms with Gasteiger partial charge in [0.25, 0.3) is 0 Å². The Morgan fingerprint density at radius 2 is 2.18 bits per heavy atom. The molecule has 0 amide bonds. The number of nitrogens with one attached hydrogen (secondary N) is 1. The molecule has 0 fully saturated rings. The summed E-state index contributed by atoms with van der Waals surface area (Å²) in [6, 6.07) is 0.189. The van der Waals surface area contributed by atoms with Crippen molar-refractivity contribution in [2.45, 2.75) is 25.9 Å². The van der Waals surface area contributed by atoms with Crippen molar-refractivity contribution >= 4 is 0 Å². The van der Waals surface area contributed by atoms with Crippen LogP contribution in [0.4, 0.5) is 0 Å². The van der Waals surface area contributed by atoms with E-state index in [0.29, 0.717) is 19.8 Å². The zero-order valence-electron chi connectivity index (χ0n) is 10.7. The monoisotopic (exact) mass is 243 g/mol. The quantitative estimate of drug-likeness (QED) is 0.616. The van der Waals surface area contributed by atoms with Crippen LogP contribution in [-0.4, -0.2) is 54.2 Å². The van der Waals surface area contributed by atoms with Gasteiger partial charge in [0.2, 0.25) is 0 Å². The molecule has 0 bridgehead atoms. The van der Waals surface area contributed by atoms with Gasteiger partial charge in [0, 0.05) is 20.8 Å². The smallest absolute Gasteiger partial charge is 0.165 e. The van der Waals surface area contributed by atoms with E-state index in [1.807, 2.05) is 4.68 Å². The third-order valence-corrected chi connectivity index (χ3v) is 2.50. The van der Waals surface area contributed by atoms with Crippen LogP contribution < -0.4 is 5.32 Å². The summed E-state index contributed by atoms with van der Waals surface area (Å²) in [6.07, 6.45) is 0.934. The third kappa shape index (κ3) is 4.37. The lowest BCUT2D eigenvalue weighted by Crippen LogP contribution is -2.24. The van der Waals surface area contributed by atoms with Crippen molar-refractivity contribution in [3.05, 3.63) is 5.82 Å². The van der Waals surface area contributed by atoms with Crippen LogP contribution in [0.2, 0.25) is 0 Å². The standard InChI is InChI=1S/C10H21N5O2/c1-4-9(8-17-3)15-10(12-13-14-15)7-11-5-6-16-2/h9,11H,4-8H2,1-3H3. The summed E-state index contributed by atoms with van der Waals surface area (Å²) in [7, 11) is 3.36. The van der Waals surface area contributed by atoms with Crippen LogP contribution >= 0.6 is 0 Å². The van der Waals surface area contributed by atoms with Crippen molar-refractivity contribution in [1.82, 2.24) is 25.5 Å². The van der Waals surface area contributed by atoms with E-state index in [1.54, 1.807) is 14.2 Å². The molecule has 1 heterocycles. The fourth-order valence-electron chi connectivity index (χ4n) is 1.54. The van der Waals surface area contributed by atoms with E-state index in [-0.39, 0.29) is 6.04 Å². The molecule has 98 valence electrons. The van der Waals surface area contributed by atoms with Gasteiger partial charge >= 0.3 is 0 Å². The molecule has 1 unspecified atom stereocenters. The first kappa shape index (κ1) is 14.0. The summed E-state index contributed by atoms with van der Waals surface area (Å²) in [5.74, 6) is 0.824. The first-order valence-corrected chi connectivity index (χ1v) is 5.78. The van der Waals surface area contributed by atoms with Gasteiger partial charge in [0.1, 0.15) is 0 Å². The highest BCUT2D eigenvalue weighted by atomic mass is 16.5. The second-order valence-electron chi connectivity index (χ2n) is 3.73. The maximum atomic E-state index is 5.16. The second-order valence-corrected chi connectivity index (χ2v) is 3.73. The Labute approximate surface area is 101 Å². The largest absolute Gasteiger partial charge is 0.383 e. The van der Waals surface area contributed by atoms with Crippen LogP contribution in [0.3, 0.4) is 0 Å². The summed E-state index contributed by atoms with van der Waals surface area (Å²) in [5.41, 5.74) is 0. The highest BCUT2D eigenvalue weighted by Crippen LogP contribution is 2.11. The minimum Gasteiger partial charge on any atom is -0.383 e. The lowest BCUT2D eigenvalue weighted by Gasteiger charge is -2.15. The topological polar surface area (TPSA) is 74.1 Å². The number of ether oxygens (including phenoxy) is 2. The van der Waals surface area contributed by atoms with Gasteiger partial charge in [-0.25, -0.2) is 4.68 Å². The average molecular weight is 243 g/mol. The summed E-state index contributed by atoms with van der Waals surface area (Å²) < 4.78 is 11.9. The normalized spacial score (nSPS) is 12.9. The first-order valence-electron chi connectivity index (χ1n) is 5.78. The maximum Gasteiger partial charge on any atom is 0.165 e. The molecule has 0 aromatic carbocycles. The number of nitrogens with zero attached hydrogens (tertiary/aromatic N) is 4. The minimum absolute atomic E-state index is 0.189. The molecule has 1 atom stereocenters. The van der Waals surface area contributed by atoms with Crippen molar-refractivity contribution in [3.8, 4) is 0 Å². The molecule has 7 nitrogen and oxygen atoms in total. The Morgan fingerprint density at radius 1 is 1.35 bits per heavy atom. The van der Waals surface area contributed by atoms with Crippen molar-refractivity contribution in [2.75, 3.05) is 34.0 Å². The summed E-state index contributed by atoms with van der Waals surface area (Å²) in [6.45, 7) is 4.80.